The molecule has 27 heavy (non-hydrogen) atoms. The van der Waals surface area contributed by atoms with E-state index in [1.54, 1.807) is 12.1 Å². The molecule has 6 heteroatoms. The van der Waals surface area contributed by atoms with E-state index in [2.05, 4.69) is 27.4 Å². The van der Waals surface area contributed by atoms with E-state index < -0.39 is 0 Å². The Hall–Kier alpha value is -1.33. The van der Waals surface area contributed by atoms with Gasteiger partial charge in [0.2, 0.25) is 0 Å². The van der Waals surface area contributed by atoms with Crippen molar-refractivity contribution in [1.82, 2.24) is 15.5 Å². The van der Waals surface area contributed by atoms with Gasteiger partial charge in [0.25, 0.3) is 0 Å². The topological polar surface area (TPSA) is 39.7 Å². The maximum Gasteiger partial charge on any atom is 0.191 e. The minimum atomic E-state index is -0.255. The SMILES string of the molecule is CCNC(=NCCc1c(F)cccc1Cl)NC1CCN(C2CCCC2)CC1. The summed E-state index contributed by atoms with van der Waals surface area (Å²) < 4.78 is 13.9. The fourth-order valence-corrected chi connectivity index (χ4v) is 4.50. The van der Waals surface area contributed by atoms with Crippen LogP contribution >= 0.6 is 11.6 Å². The summed E-state index contributed by atoms with van der Waals surface area (Å²) in [5, 5.41) is 7.35. The zero-order valence-electron chi connectivity index (χ0n) is 16.3. The van der Waals surface area contributed by atoms with Gasteiger partial charge < -0.3 is 15.5 Å². The molecule has 3 rings (SSSR count). The molecule has 2 fully saturated rings. The van der Waals surface area contributed by atoms with Crippen molar-refractivity contribution >= 4 is 17.6 Å². The van der Waals surface area contributed by atoms with E-state index in [-0.39, 0.29) is 5.82 Å². The highest BCUT2D eigenvalue weighted by molar-refractivity contribution is 6.31. The van der Waals surface area contributed by atoms with E-state index in [9.17, 15) is 4.39 Å². The number of nitrogens with zero attached hydrogens (tertiary/aromatic N) is 2. The van der Waals surface area contributed by atoms with Crippen LogP contribution < -0.4 is 10.6 Å². The number of hydrogen-bond donors (Lipinski definition) is 2. The van der Waals surface area contributed by atoms with Crippen LogP contribution in [-0.4, -0.2) is 49.1 Å². The van der Waals surface area contributed by atoms with Crippen LogP contribution in [0.2, 0.25) is 5.02 Å². The van der Waals surface area contributed by atoms with Crippen molar-refractivity contribution in [2.45, 2.75) is 64.0 Å². The van der Waals surface area contributed by atoms with Crippen molar-refractivity contribution in [2.24, 2.45) is 4.99 Å². The van der Waals surface area contributed by atoms with Crippen LogP contribution in [0.1, 0.15) is 51.0 Å². The van der Waals surface area contributed by atoms with E-state index in [0.717, 1.165) is 31.4 Å². The van der Waals surface area contributed by atoms with Crippen LogP contribution in [-0.2, 0) is 6.42 Å². The number of nitrogens with one attached hydrogen (secondary N) is 2. The smallest absolute Gasteiger partial charge is 0.191 e. The molecule has 0 radical (unpaired) electrons. The summed E-state index contributed by atoms with van der Waals surface area (Å²) in [6.45, 7) is 5.73. The first-order valence-electron chi connectivity index (χ1n) is 10.4. The molecule has 1 aliphatic heterocycles. The Kier molecular flexibility index (Phi) is 7.77. The molecule has 4 nitrogen and oxygen atoms in total. The molecule has 0 amide bonds. The second-order valence-corrected chi connectivity index (χ2v) is 8.01. The summed E-state index contributed by atoms with van der Waals surface area (Å²) in [7, 11) is 0. The van der Waals surface area contributed by atoms with Crippen LogP contribution in [0.4, 0.5) is 4.39 Å². The van der Waals surface area contributed by atoms with E-state index in [1.165, 1.54) is 44.8 Å². The summed E-state index contributed by atoms with van der Waals surface area (Å²) in [5.41, 5.74) is 0.545. The summed E-state index contributed by atoms with van der Waals surface area (Å²) >= 11 is 6.10. The number of likely N-dealkylation sites (tertiary alicyclic amines) is 1. The van der Waals surface area contributed by atoms with Gasteiger partial charge >= 0.3 is 0 Å². The standard InChI is InChI=1S/C21H32ClFN4/c1-2-24-21(25-13-10-18-19(22)8-5-9-20(18)23)26-16-11-14-27(15-12-16)17-6-3-4-7-17/h5,8-9,16-17H,2-4,6-7,10-15H2,1H3,(H2,24,25,26). The highest BCUT2D eigenvalue weighted by Gasteiger charge is 2.27. The average Bonchev–Trinajstić information content (AvgIpc) is 3.19. The lowest BCUT2D eigenvalue weighted by Gasteiger charge is -2.36. The Morgan fingerprint density at radius 3 is 2.63 bits per heavy atom. The highest BCUT2D eigenvalue weighted by atomic mass is 35.5. The Balaban J connectivity index is 1.49. The Bertz CT molecular complexity index is 602. The van der Waals surface area contributed by atoms with Crippen LogP contribution in [0, 0.1) is 5.82 Å². The van der Waals surface area contributed by atoms with Gasteiger partial charge in [-0.3, -0.25) is 4.99 Å². The van der Waals surface area contributed by atoms with Gasteiger partial charge in [-0.2, -0.15) is 0 Å². The first-order valence-corrected chi connectivity index (χ1v) is 10.8. The molecule has 1 heterocycles. The van der Waals surface area contributed by atoms with Gasteiger partial charge in [0.15, 0.2) is 5.96 Å². The molecule has 1 aromatic carbocycles. The van der Waals surface area contributed by atoms with Gasteiger partial charge in [-0.25, -0.2) is 4.39 Å². The van der Waals surface area contributed by atoms with E-state index in [4.69, 9.17) is 11.6 Å². The number of guanidine groups is 1. The molecule has 2 N–H and O–H groups in total. The van der Waals surface area contributed by atoms with Crippen molar-refractivity contribution in [1.29, 1.82) is 0 Å². The van der Waals surface area contributed by atoms with E-state index >= 15 is 0 Å². The predicted molar refractivity (Wildman–Crippen MR) is 111 cm³/mol. The molecular formula is C21H32ClFN4. The second-order valence-electron chi connectivity index (χ2n) is 7.60. The first-order chi connectivity index (χ1) is 13.2. The highest BCUT2D eigenvalue weighted by Crippen LogP contribution is 2.26. The summed E-state index contributed by atoms with van der Waals surface area (Å²) in [4.78, 5) is 7.31. The molecule has 0 unspecified atom stereocenters. The third-order valence-corrected chi connectivity index (χ3v) is 6.10. The maximum absolute atomic E-state index is 13.9. The molecule has 2 aliphatic rings. The zero-order valence-corrected chi connectivity index (χ0v) is 17.1. The maximum atomic E-state index is 13.9. The minimum absolute atomic E-state index is 0.255. The lowest BCUT2D eigenvalue weighted by Crippen LogP contribution is -2.50. The average molecular weight is 395 g/mol. The lowest BCUT2D eigenvalue weighted by molar-refractivity contribution is 0.150. The Morgan fingerprint density at radius 2 is 1.96 bits per heavy atom. The molecule has 1 aromatic rings. The molecule has 0 aromatic heterocycles. The fourth-order valence-electron chi connectivity index (χ4n) is 4.24. The lowest BCUT2D eigenvalue weighted by atomic mass is 10.0. The molecule has 150 valence electrons. The molecular weight excluding hydrogens is 363 g/mol. The fraction of sp³-hybridized carbons (Fsp3) is 0.667. The normalized spacial score (nSPS) is 20.2. The van der Waals surface area contributed by atoms with Crippen LogP contribution in [0.25, 0.3) is 0 Å². The van der Waals surface area contributed by atoms with Crippen LogP contribution in [0.5, 0.6) is 0 Å². The van der Waals surface area contributed by atoms with Gasteiger partial charge in [-0.05, 0) is 51.2 Å². The molecule has 0 spiro atoms. The van der Waals surface area contributed by atoms with Crippen molar-refractivity contribution in [3.05, 3.63) is 34.6 Å². The van der Waals surface area contributed by atoms with Crippen molar-refractivity contribution in [2.75, 3.05) is 26.2 Å². The molecule has 0 bridgehead atoms. The number of aliphatic imine (C=N–C) groups is 1. The largest absolute Gasteiger partial charge is 0.357 e. The van der Waals surface area contributed by atoms with E-state index in [0.29, 0.717) is 29.6 Å². The molecule has 0 atom stereocenters. The number of hydrogen-bond acceptors (Lipinski definition) is 2. The quantitative estimate of drug-likeness (QED) is 0.566. The van der Waals surface area contributed by atoms with Crippen LogP contribution in [0.15, 0.2) is 23.2 Å². The third kappa shape index (κ3) is 5.82. The van der Waals surface area contributed by atoms with Gasteiger partial charge in [-0.1, -0.05) is 30.5 Å². The Labute approximate surface area is 167 Å². The Morgan fingerprint density at radius 1 is 1.22 bits per heavy atom. The van der Waals surface area contributed by atoms with Gasteiger partial charge in [0.1, 0.15) is 5.82 Å². The van der Waals surface area contributed by atoms with Gasteiger partial charge in [-0.15, -0.1) is 0 Å². The number of halogens is 2. The van der Waals surface area contributed by atoms with Gasteiger partial charge in [0.05, 0.1) is 0 Å². The van der Waals surface area contributed by atoms with Crippen LogP contribution in [0.3, 0.4) is 0 Å². The first kappa shape index (κ1) is 20.4. The number of piperidine rings is 1. The third-order valence-electron chi connectivity index (χ3n) is 5.75. The predicted octanol–water partition coefficient (Wildman–Crippen LogP) is 3.98. The summed E-state index contributed by atoms with van der Waals surface area (Å²) in [6.07, 6.45) is 8.35. The molecule has 1 saturated heterocycles. The number of benzene rings is 1. The van der Waals surface area contributed by atoms with Gasteiger partial charge in [0, 0.05) is 48.8 Å². The van der Waals surface area contributed by atoms with Crippen molar-refractivity contribution in [3.63, 3.8) is 0 Å². The number of rotatable bonds is 6. The van der Waals surface area contributed by atoms with Crippen molar-refractivity contribution < 1.29 is 4.39 Å². The van der Waals surface area contributed by atoms with Crippen molar-refractivity contribution in [3.8, 4) is 0 Å². The molecule has 1 aliphatic carbocycles. The monoisotopic (exact) mass is 394 g/mol. The summed E-state index contributed by atoms with van der Waals surface area (Å²) in [5.74, 6) is 0.569. The minimum Gasteiger partial charge on any atom is -0.357 e. The van der Waals surface area contributed by atoms with E-state index in [1.807, 2.05) is 0 Å². The second kappa shape index (κ2) is 10.3. The molecule has 1 saturated carbocycles. The zero-order chi connectivity index (χ0) is 19.1. The summed E-state index contributed by atoms with van der Waals surface area (Å²) in [6, 6.07) is 6.09.